The van der Waals surface area contributed by atoms with Crippen molar-refractivity contribution in [2.24, 2.45) is 0 Å². The fourth-order valence-corrected chi connectivity index (χ4v) is 2.08. The summed E-state index contributed by atoms with van der Waals surface area (Å²) in [7, 11) is 1.71. The Morgan fingerprint density at radius 3 is 2.39 bits per heavy atom. The lowest BCUT2D eigenvalue weighted by Gasteiger charge is -2.30. The standard InChI is InChI=1S/C16H30N4O3/c1-12(2)13-9-20(18-17-13)11-16(6,7)23-19(8)10-14(21)22-15(3,4)5/h9,12H,10-11H2,1-8H3. The molecule has 0 aliphatic heterocycles. The van der Waals surface area contributed by atoms with Crippen molar-refractivity contribution >= 4 is 5.97 Å². The highest BCUT2D eigenvalue weighted by Gasteiger charge is 2.25. The van der Waals surface area contributed by atoms with E-state index >= 15 is 0 Å². The Hall–Kier alpha value is -1.47. The Morgan fingerprint density at radius 2 is 1.91 bits per heavy atom. The van der Waals surface area contributed by atoms with E-state index in [1.54, 1.807) is 11.7 Å². The van der Waals surface area contributed by atoms with Crippen molar-refractivity contribution in [2.45, 2.75) is 72.1 Å². The molecule has 1 rings (SSSR count). The summed E-state index contributed by atoms with van der Waals surface area (Å²) in [6.45, 7) is 14.1. The van der Waals surface area contributed by atoms with Crippen molar-refractivity contribution in [3.63, 3.8) is 0 Å². The summed E-state index contributed by atoms with van der Waals surface area (Å²) in [5.74, 6) is 0.0151. The fourth-order valence-electron chi connectivity index (χ4n) is 2.08. The van der Waals surface area contributed by atoms with Crippen LogP contribution in [0.25, 0.3) is 0 Å². The number of hydrogen-bond acceptors (Lipinski definition) is 6. The van der Waals surface area contributed by atoms with E-state index in [9.17, 15) is 4.79 Å². The fraction of sp³-hybridized carbons (Fsp3) is 0.812. The van der Waals surface area contributed by atoms with Gasteiger partial charge in [0.15, 0.2) is 0 Å². The molecule has 0 amide bonds. The second-order valence-electron chi connectivity index (χ2n) is 7.72. The van der Waals surface area contributed by atoms with Crippen molar-refractivity contribution in [1.82, 2.24) is 20.1 Å². The predicted molar refractivity (Wildman–Crippen MR) is 87.8 cm³/mol. The molecule has 1 heterocycles. The Balaban J connectivity index is 2.54. The predicted octanol–water partition coefficient (Wildman–Crippen LogP) is 2.39. The third kappa shape index (κ3) is 7.56. The molecule has 0 unspecified atom stereocenters. The zero-order valence-corrected chi connectivity index (χ0v) is 15.6. The molecule has 0 aromatic carbocycles. The molecule has 0 radical (unpaired) electrons. The number of aromatic nitrogens is 3. The van der Waals surface area contributed by atoms with E-state index in [4.69, 9.17) is 9.57 Å². The van der Waals surface area contributed by atoms with Crippen LogP contribution in [-0.4, -0.2) is 50.8 Å². The lowest BCUT2D eigenvalue weighted by Crippen LogP contribution is -2.41. The largest absolute Gasteiger partial charge is 0.459 e. The number of carbonyl (C=O) groups is 1. The summed E-state index contributed by atoms with van der Waals surface area (Å²) in [4.78, 5) is 17.7. The summed E-state index contributed by atoms with van der Waals surface area (Å²) in [6.07, 6.45) is 1.92. The Bertz CT molecular complexity index is 518. The first-order chi connectivity index (χ1) is 10.4. The molecule has 0 saturated carbocycles. The minimum Gasteiger partial charge on any atom is -0.459 e. The van der Waals surface area contributed by atoms with Gasteiger partial charge in [-0.3, -0.25) is 9.63 Å². The molecule has 0 N–H and O–H groups in total. The molecule has 7 nitrogen and oxygen atoms in total. The van der Waals surface area contributed by atoms with Gasteiger partial charge in [-0.05, 0) is 40.5 Å². The molecule has 0 spiro atoms. The molecule has 0 aliphatic rings. The maximum absolute atomic E-state index is 11.8. The van der Waals surface area contributed by atoms with Gasteiger partial charge < -0.3 is 4.74 Å². The van der Waals surface area contributed by atoms with Crippen molar-refractivity contribution in [2.75, 3.05) is 13.6 Å². The highest BCUT2D eigenvalue weighted by Crippen LogP contribution is 2.16. The first kappa shape index (κ1) is 19.6. The number of esters is 1. The van der Waals surface area contributed by atoms with Crippen molar-refractivity contribution in [3.05, 3.63) is 11.9 Å². The molecular weight excluding hydrogens is 296 g/mol. The Morgan fingerprint density at radius 1 is 1.30 bits per heavy atom. The third-order valence-corrected chi connectivity index (χ3v) is 2.87. The molecule has 0 saturated heterocycles. The molecule has 0 aliphatic carbocycles. The van der Waals surface area contributed by atoms with E-state index in [0.717, 1.165) is 5.69 Å². The molecule has 23 heavy (non-hydrogen) atoms. The van der Waals surface area contributed by atoms with Gasteiger partial charge in [-0.15, -0.1) is 5.10 Å². The number of hydrogen-bond donors (Lipinski definition) is 0. The van der Waals surface area contributed by atoms with E-state index in [1.165, 1.54) is 5.06 Å². The second kappa shape index (κ2) is 7.40. The van der Waals surface area contributed by atoms with E-state index in [2.05, 4.69) is 24.2 Å². The van der Waals surface area contributed by atoms with Crippen molar-refractivity contribution in [1.29, 1.82) is 0 Å². The smallest absolute Gasteiger partial charge is 0.323 e. The molecule has 1 aromatic rings. The van der Waals surface area contributed by atoms with E-state index in [1.807, 2.05) is 40.8 Å². The highest BCUT2D eigenvalue weighted by atomic mass is 16.7. The van der Waals surface area contributed by atoms with E-state index < -0.39 is 11.2 Å². The second-order valence-corrected chi connectivity index (χ2v) is 7.72. The molecule has 0 atom stereocenters. The summed E-state index contributed by atoms with van der Waals surface area (Å²) < 4.78 is 7.04. The van der Waals surface area contributed by atoms with Gasteiger partial charge in [0.2, 0.25) is 0 Å². The van der Waals surface area contributed by atoms with Gasteiger partial charge in [0.05, 0.1) is 12.2 Å². The maximum Gasteiger partial charge on any atom is 0.323 e. The Labute approximate surface area is 138 Å². The van der Waals surface area contributed by atoms with Crippen LogP contribution in [0.15, 0.2) is 6.20 Å². The maximum atomic E-state index is 11.8. The topological polar surface area (TPSA) is 69.5 Å². The van der Waals surface area contributed by atoms with Gasteiger partial charge in [-0.1, -0.05) is 19.1 Å². The number of ether oxygens (including phenoxy) is 1. The van der Waals surface area contributed by atoms with E-state index in [-0.39, 0.29) is 12.5 Å². The molecule has 0 bridgehead atoms. The minimum atomic E-state index is -0.529. The van der Waals surface area contributed by atoms with Crippen LogP contribution in [0.1, 0.15) is 60.1 Å². The molecule has 0 fully saturated rings. The van der Waals surface area contributed by atoms with Gasteiger partial charge in [0.25, 0.3) is 0 Å². The quantitative estimate of drug-likeness (QED) is 0.566. The zero-order valence-electron chi connectivity index (χ0n) is 15.6. The first-order valence-corrected chi connectivity index (χ1v) is 7.90. The van der Waals surface area contributed by atoms with Crippen LogP contribution >= 0.6 is 0 Å². The van der Waals surface area contributed by atoms with Gasteiger partial charge >= 0.3 is 5.97 Å². The van der Waals surface area contributed by atoms with Gasteiger partial charge in [-0.25, -0.2) is 4.68 Å². The van der Waals surface area contributed by atoms with Crippen LogP contribution in [0, 0.1) is 0 Å². The lowest BCUT2D eigenvalue weighted by molar-refractivity contribution is -0.231. The average Bonchev–Trinajstić information content (AvgIpc) is 2.72. The minimum absolute atomic E-state index is 0.0648. The van der Waals surface area contributed by atoms with Crippen LogP contribution in [0.4, 0.5) is 0 Å². The highest BCUT2D eigenvalue weighted by molar-refractivity contribution is 5.71. The Kier molecular flexibility index (Phi) is 6.30. The third-order valence-electron chi connectivity index (χ3n) is 2.87. The van der Waals surface area contributed by atoms with Crippen molar-refractivity contribution in [3.8, 4) is 0 Å². The van der Waals surface area contributed by atoms with Gasteiger partial charge in [0.1, 0.15) is 17.7 Å². The zero-order chi connectivity index (χ0) is 17.8. The summed E-state index contributed by atoms with van der Waals surface area (Å²) in [5, 5.41) is 9.75. The van der Waals surface area contributed by atoms with Crippen LogP contribution < -0.4 is 0 Å². The molecule has 7 heteroatoms. The monoisotopic (exact) mass is 326 g/mol. The van der Waals surface area contributed by atoms with Crippen LogP contribution in [0.5, 0.6) is 0 Å². The number of likely N-dealkylation sites (N-methyl/N-ethyl adjacent to an activating group) is 1. The van der Waals surface area contributed by atoms with Crippen molar-refractivity contribution < 1.29 is 14.4 Å². The number of nitrogens with zero attached hydrogens (tertiary/aromatic N) is 4. The summed E-state index contributed by atoms with van der Waals surface area (Å²) in [5.41, 5.74) is -0.0805. The summed E-state index contributed by atoms with van der Waals surface area (Å²) >= 11 is 0. The molecule has 132 valence electrons. The summed E-state index contributed by atoms with van der Waals surface area (Å²) in [6, 6.07) is 0. The van der Waals surface area contributed by atoms with Crippen LogP contribution in [-0.2, 0) is 20.9 Å². The van der Waals surface area contributed by atoms with Gasteiger partial charge in [0, 0.05) is 13.2 Å². The number of carbonyl (C=O) groups excluding carboxylic acids is 1. The van der Waals surface area contributed by atoms with E-state index in [0.29, 0.717) is 12.5 Å². The lowest BCUT2D eigenvalue weighted by atomic mass is 10.1. The molecule has 1 aromatic heterocycles. The normalized spacial score (nSPS) is 13.0. The number of hydroxylamine groups is 2. The number of rotatable bonds is 7. The first-order valence-electron chi connectivity index (χ1n) is 7.90. The van der Waals surface area contributed by atoms with Gasteiger partial charge in [-0.2, -0.15) is 5.06 Å². The molecular formula is C16H30N4O3. The average molecular weight is 326 g/mol. The van der Waals surface area contributed by atoms with Crippen LogP contribution in [0.2, 0.25) is 0 Å². The van der Waals surface area contributed by atoms with Crippen LogP contribution in [0.3, 0.4) is 0 Å². The SMILES string of the molecule is CC(C)c1cn(CC(C)(C)ON(C)CC(=O)OC(C)(C)C)nn1.